The van der Waals surface area contributed by atoms with Crippen molar-refractivity contribution in [3.8, 4) is 11.6 Å². The molecule has 0 bridgehead atoms. The van der Waals surface area contributed by atoms with Crippen molar-refractivity contribution in [1.29, 1.82) is 0 Å². The molecule has 50 heavy (non-hydrogen) atoms. The molecule has 1 saturated heterocycles. The van der Waals surface area contributed by atoms with Crippen LogP contribution in [0.15, 0.2) is 43.5 Å². The molecular formula is C35H42F4N4O7. The summed E-state index contributed by atoms with van der Waals surface area (Å²) in [6.45, 7) is 8.77. The molecule has 1 aromatic heterocycles. The number of rotatable bonds is 13. The van der Waals surface area contributed by atoms with Gasteiger partial charge in [-0.05, 0) is 67.1 Å². The predicted octanol–water partition coefficient (Wildman–Crippen LogP) is 6.16. The monoisotopic (exact) mass is 706 g/mol. The average molecular weight is 707 g/mol. The lowest BCUT2D eigenvalue weighted by atomic mass is 9.85. The van der Waals surface area contributed by atoms with Gasteiger partial charge < -0.3 is 29.2 Å². The Morgan fingerprint density at radius 2 is 1.84 bits per heavy atom. The highest BCUT2D eigenvalue weighted by molar-refractivity contribution is 5.91. The Kier molecular flexibility index (Phi) is 10.6. The highest BCUT2D eigenvalue weighted by atomic mass is 19.3. The molecule has 2 aromatic rings. The van der Waals surface area contributed by atoms with Crippen LogP contribution < -0.4 is 14.8 Å². The number of fused-ring (bicyclic) bond motifs is 2. The molecule has 1 aromatic carbocycles. The van der Waals surface area contributed by atoms with Crippen molar-refractivity contribution in [3.05, 3.63) is 49.2 Å². The summed E-state index contributed by atoms with van der Waals surface area (Å²) in [4.78, 5) is 49.7. The largest absolute Gasteiger partial charge is 0.471 e. The highest BCUT2D eigenvalue weighted by Gasteiger charge is 2.54. The number of nitrogens with one attached hydrogen (secondary N) is 1. The summed E-state index contributed by atoms with van der Waals surface area (Å²) in [7, 11) is 1.14. The van der Waals surface area contributed by atoms with E-state index in [9.17, 15) is 23.2 Å². The van der Waals surface area contributed by atoms with Gasteiger partial charge in [0.15, 0.2) is 5.69 Å². The van der Waals surface area contributed by atoms with E-state index in [1.165, 1.54) is 11.0 Å². The third-order valence-electron chi connectivity index (χ3n) is 9.58. The molecule has 7 atom stereocenters. The number of ether oxygens (including phenoxy) is 4. The molecule has 15 heteroatoms. The number of benzene rings is 1. The van der Waals surface area contributed by atoms with E-state index >= 15 is 8.78 Å². The number of methoxy groups -OCH3 is 1. The SMILES string of the molecule is C=CCCC1C(OC(=O)NC(C(=O)N2CC(Oc3nc4cc(OC(F)F)ccc4nc3C(F)(F)C=C)CC2C(=O)OC)C(C)(C)C)CC2CC21. The summed E-state index contributed by atoms with van der Waals surface area (Å²) in [5.74, 6) is -4.83. The Hall–Kier alpha value is -4.43. The minimum Gasteiger partial charge on any atom is -0.471 e. The smallest absolute Gasteiger partial charge is 0.408 e. The number of hydrogen-bond donors (Lipinski definition) is 1. The van der Waals surface area contributed by atoms with Gasteiger partial charge in [-0.3, -0.25) is 4.79 Å². The third kappa shape index (κ3) is 7.96. The zero-order valence-electron chi connectivity index (χ0n) is 28.4. The van der Waals surface area contributed by atoms with Gasteiger partial charge in [0.05, 0.1) is 24.7 Å². The Morgan fingerprint density at radius 3 is 2.48 bits per heavy atom. The molecule has 272 valence electrons. The summed E-state index contributed by atoms with van der Waals surface area (Å²) in [6, 6.07) is 1.06. The number of carbonyl (C=O) groups excluding carboxylic acids is 3. The van der Waals surface area contributed by atoms with Crippen molar-refractivity contribution >= 4 is 29.0 Å². The van der Waals surface area contributed by atoms with Gasteiger partial charge in [-0.15, -0.1) is 6.58 Å². The number of esters is 1. The van der Waals surface area contributed by atoms with Crippen LogP contribution in [0, 0.1) is 23.2 Å². The number of allylic oxidation sites excluding steroid dienone is 2. The summed E-state index contributed by atoms with van der Waals surface area (Å²) in [5, 5.41) is 2.72. The first-order chi connectivity index (χ1) is 23.6. The molecule has 2 saturated carbocycles. The number of aromatic nitrogens is 2. The van der Waals surface area contributed by atoms with Crippen LogP contribution in [0.1, 0.15) is 58.6 Å². The lowest BCUT2D eigenvalue weighted by Gasteiger charge is -2.35. The molecular weight excluding hydrogens is 664 g/mol. The maximum Gasteiger partial charge on any atom is 0.408 e. The first kappa shape index (κ1) is 36.8. The molecule has 1 N–H and O–H groups in total. The fourth-order valence-corrected chi connectivity index (χ4v) is 7.00. The highest BCUT2D eigenvalue weighted by Crippen LogP contribution is 2.57. The second kappa shape index (κ2) is 14.4. The van der Waals surface area contributed by atoms with E-state index in [2.05, 4.69) is 33.2 Å². The molecule has 3 fully saturated rings. The van der Waals surface area contributed by atoms with Crippen LogP contribution in [0.25, 0.3) is 11.0 Å². The Labute approximate surface area is 287 Å². The van der Waals surface area contributed by atoms with E-state index in [1.807, 2.05) is 6.08 Å². The van der Waals surface area contributed by atoms with Crippen molar-refractivity contribution in [2.24, 2.45) is 23.2 Å². The Bertz CT molecular complexity index is 1630. The fraction of sp³-hybridized carbons (Fsp3) is 0.571. The molecule has 3 aliphatic rings. The summed E-state index contributed by atoms with van der Waals surface area (Å²) in [6.07, 6.45) is 3.43. The molecule has 5 rings (SSSR count). The zero-order valence-corrected chi connectivity index (χ0v) is 28.4. The van der Waals surface area contributed by atoms with Crippen molar-refractivity contribution in [1.82, 2.24) is 20.2 Å². The van der Waals surface area contributed by atoms with E-state index < -0.39 is 65.7 Å². The molecule has 7 unspecified atom stereocenters. The first-order valence-corrected chi connectivity index (χ1v) is 16.5. The summed E-state index contributed by atoms with van der Waals surface area (Å²) in [5.41, 5.74) is -1.90. The van der Waals surface area contributed by atoms with Gasteiger partial charge in [-0.1, -0.05) is 33.4 Å². The molecule has 2 aliphatic carbocycles. The lowest BCUT2D eigenvalue weighted by Crippen LogP contribution is -2.57. The van der Waals surface area contributed by atoms with E-state index in [4.69, 9.17) is 14.2 Å². The van der Waals surface area contributed by atoms with Crippen molar-refractivity contribution < 1.29 is 50.9 Å². The van der Waals surface area contributed by atoms with E-state index in [-0.39, 0.29) is 41.8 Å². The number of amides is 2. The summed E-state index contributed by atoms with van der Waals surface area (Å²) < 4.78 is 76.9. The second-order valence-corrected chi connectivity index (χ2v) is 14.1. The minimum absolute atomic E-state index is 0.0567. The minimum atomic E-state index is -3.73. The van der Waals surface area contributed by atoms with Crippen LogP contribution in [-0.4, -0.2) is 77.4 Å². The number of nitrogens with zero attached hydrogens (tertiary/aromatic N) is 3. The van der Waals surface area contributed by atoms with Crippen molar-refractivity contribution in [2.45, 2.75) is 89.7 Å². The number of alkyl halides is 4. The van der Waals surface area contributed by atoms with Crippen LogP contribution in [0.3, 0.4) is 0 Å². The fourth-order valence-electron chi connectivity index (χ4n) is 7.00. The Morgan fingerprint density at radius 1 is 1.10 bits per heavy atom. The molecule has 0 radical (unpaired) electrons. The van der Waals surface area contributed by atoms with Gasteiger partial charge in [0.25, 0.3) is 0 Å². The van der Waals surface area contributed by atoms with Gasteiger partial charge in [-0.2, -0.15) is 17.6 Å². The third-order valence-corrected chi connectivity index (χ3v) is 9.58. The van der Waals surface area contributed by atoms with Gasteiger partial charge in [0.2, 0.25) is 11.8 Å². The van der Waals surface area contributed by atoms with Crippen molar-refractivity contribution in [3.63, 3.8) is 0 Å². The van der Waals surface area contributed by atoms with Gasteiger partial charge in [0.1, 0.15) is 30.0 Å². The zero-order chi connectivity index (χ0) is 36.5. The van der Waals surface area contributed by atoms with Gasteiger partial charge >= 0.3 is 24.6 Å². The maximum atomic E-state index is 15.1. The molecule has 11 nitrogen and oxygen atoms in total. The van der Waals surface area contributed by atoms with E-state index in [0.717, 1.165) is 44.9 Å². The normalized spacial score (nSPS) is 25.1. The predicted molar refractivity (Wildman–Crippen MR) is 173 cm³/mol. The number of hydrogen-bond acceptors (Lipinski definition) is 9. The van der Waals surface area contributed by atoms with Crippen LogP contribution in [0.2, 0.25) is 0 Å². The summed E-state index contributed by atoms with van der Waals surface area (Å²) >= 11 is 0. The van der Waals surface area contributed by atoms with Crippen LogP contribution >= 0.6 is 0 Å². The van der Waals surface area contributed by atoms with Crippen LogP contribution in [-0.2, 0) is 25.0 Å². The quantitative estimate of drug-likeness (QED) is 0.148. The maximum absolute atomic E-state index is 15.1. The lowest BCUT2D eigenvalue weighted by molar-refractivity contribution is -0.152. The molecule has 0 spiro atoms. The van der Waals surface area contributed by atoms with Crippen LogP contribution in [0.4, 0.5) is 22.4 Å². The van der Waals surface area contributed by atoms with E-state index in [1.54, 1.807) is 20.8 Å². The second-order valence-electron chi connectivity index (χ2n) is 14.1. The number of carbonyl (C=O) groups is 3. The first-order valence-electron chi connectivity index (χ1n) is 16.5. The standard InChI is InChI=1S/C35H42F4N4O7/c1-7-9-10-21-22-13-18(22)14-26(21)50-33(46)42-28(34(3,4)5)30(44)43-17-20(16-25(43)31(45)47-6)48-29-27(35(38,39)8-2)40-23-12-11-19(49-32(36)37)15-24(23)41-29/h7-8,11-12,15,18,20-22,25-26,28,32H,1-2,9-10,13-14,16-17H2,3-6H3,(H,42,46). The topological polar surface area (TPSA) is 129 Å². The average Bonchev–Trinajstić information content (AvgIpc) is 3.54. The van der Waals surface area contributed by atoms with Crippen molar-refractivity contribution in [2.75, 3.05) is 13.7 Å². The van der Waals surface area contributed by atoms with Gasteiger partial charge in [0, 0.05) is 12.5 Å². The number of halogens is 4. The van der Waals surface area contributed by atoms with Gasteiger partial charge in [-0.25, -0.2) is 19.6 Å². The van der Waals surface area contributed by atoms with Crippen LogP contribution in [0.5, 0.6) is 11.6 Å². The molecule has 1 aliphatic heterocycles. The Balaban J connectivity index is 1.38. The molecule has 2 amide bonds. The molecule has 2 heterocycles. The number of alkyl carbamates (subject to hydrolysis) is 1. The number of likely N-dealkylation sites (tertiary alicyclic amines) is 1. The van der Waals surface area contributed by atoms with E-state index in [0.29, 0.717) is 17.9 Å².